The van der Waals surface area contributed by atoms with E-state index in [0.29, 0.717) is 6.42 Å². The predicted molar refractivity (Wildman–Crippen MR) is 108 cm³/mol. The van der Waals surface area contributed by atoms with Crippen molar-refractivity contribution in [2.24, 2.45) is 4.99 Å². The van der Waals surface area contributed by atoms with Gasteiger partial charge in [-0.15, -0.1) is 0 Å². The summed E-state index contributed by atoms with van der Waals surface area (Å²) >= 11 is 35.2. The first-order valence-corrected chi connectivity index (χ1v) is 9.79. The van der Waals surface area contributed by atoms with Crippen LogP contribution >= 0.6 is 69.6 Å². The van der Waals surface area contributed by atoms with E-state index in [-0.39, 0.29) is 28.1 Å². The Balaban J connectivity index is 2.54. The van der Waals surface area contributed by atoms with E-state index in [1.807, 2.05) is 6.92 Å². The first-order valence-electron chi connectivity index (χ1n) is 7.47. The van der Waals surface area contributed by atoms with Crippen LogP contribution in [0.5, 0.6) is 0 Å². The summed E-state index contributed by atoms with van der Waals surface area (Å²) in [6.07, 6.45) is 1.42. The molecule has 3 amide bonds. The molecule has 0 bridgehead atoms. The quantitative estimate of drug-likeness (QED) is 0.300. The predicted octanol–water partition coefficient (Wildman–Crippen LogP) is 5.90. The molecular formula is C15H13Cl6N3O2. The lowest BCUT2D eigenvalue weighted by molar-refractivity contribution is -0.120. The number of nitrogens with zero attached hydrogens (tertiary/aromatic N) is 3. The summed E-state index contributed by atoms with van der Waals surface area (Å²) in [5.41, 5.74) is -1.13. The summed E-state index contributed by atoms with van der Waals surface area (Å²) in [7, 11) is 0. The van der Waals surface area contributed by atoms with Crippen molar-refractivity contribution in [3.05, 3.63) is 28.2 Å². The number of anilines is 1. The SMILES string of the molecule is CCCCN1C(=O)/C(=N\C(Cl)C(Cl)(Cl)Cl)N(c2cc(Cl)cc(Cl)c2)C1=O. The van der Waals surface area contributed by atoms with E-state index in [2.05, 4.69) is 4.99 Å². The van der Waals surface area contributed by atoms with Gasteiger partial charge in [-0.25, -0.2) is 14.7 Å². The Kier molecular flexibility index (Phi) is 7.33. The van der Waals surface area contributed by atoms with Gasteiger partial charge in [0.2, 0.25) is 9.63 Å². The van der Waals surface area contributed by atoms with Gasteiger partial charge in [-0.3, -0.25) is 9.69 Å². The van der Waals surface area contributed by atoms with Crippen LogP contribution in [0, 0.1) is 0 Å². The number of aliphatic imine (C=N–C) groups is 1. The van der Waals surface area contributed by atoms with E-state index in [0.717, 1.165) is 16.2 Å². The minimum absolute atomic E-state index is 0.221. The van der Waals surface area contributed by atoms with E-state index >= 15 is 0 Å². The highest BCUT2D eigenvalue weighted by atomic mass is 35.6. The molecule has 142 valence electrons. The average Bonchev–Trinajstić information content (AvgIpc) is 2.74. The Morgan fingerprint density at radius 1 is 1.12 bits per heavy atom. The van der Waals surface area contributed by atoms with Crippen LogP contribution in [0.25, 0.3) is 0 Å². The van der Waals surface area contributed by atoms with E-state index in [1.165, 1.54) is 18.2 Å². The summed E-state index contributed by atoms with van der Waals surface area (Å²) in [4.78, 5) is 31.6. The molecule has 1 aliphatic heterocycles. The smallest absolute Gasteiger partial charge is 0.265 e. The van der Waals surface area contributed by atoms with Crippen molar-refractivity contribution in [1.82, 2.24) is 4.90 Å². The number of hydrogen-bond acceptors (Lipinski definition) is 3. The van der Waals surface area contributed by atoms with Crippen LogP contribution in [0.1, 0.15) is 19.8 Å². The van der Waals surface area contributed by atoms with Crippen molar-refractivity contribution in [2.45, 2.75) is 29.1 Å². The molecule has 1 saturated heterocycles. The fourth-order valence-electron chi connectivity index (χ4n) is 2.22. The number of alkyl halides is 4. The van der Waals surface area contributed by atoms with Crippen LogP contribution in [0.3, 0.4) is 0 Å². The first kappa shape index (κ1) is 21.9. The van der Waals surface area contributed by atoms with Gasteiger partial charge >= 0.3 is 6.03 Å². The van der Waals surface area contributed by atoms with Gasteiger partial charge in [0.25, 0.3) is 5.91 Å². The standard InChI is InChI=1S/C15H13Cl6N3O2/c1-2-3-4-23-12(25)11(22-13(18)15(19,20)21)24(14(23)26)10-6-8(16)5-9(17)7-10/h5-7,13H,2-4H2,1H3/b22-11+. The number of benzene rings is 1. The maximum absolute atomic E-state index is 12.8. The van der Waals surface area contributed by atoms with Crippen molar-refractivity contribution in [2.75, 3.05) is 11.4 Å². The minimum atomic E-state index is -1.97. The summed E-state index contributed by atoms with van der Waals surface area (Å²) < 4.78 is -1.97. The van der Waals surface area contributed by atoms with Gasteiger partial charge < -0.3 is 0 Å². The Morgan fingerprint density at radius 2 is 1.69 bits per heavy atom. The van der Waals surface area contributed by atoms with Crippen LogP contribution in [-0.4, -0.2) is 38.5 Å². The van der Waals surface area contributed by atoms with Crippen molar-refractivity contribution in [1.29, 1.82) is 0 Å². The lowest BCUT2D eigenvalue weighted by Gasteiger charge is -2.19. The zero-order chi connectivity index (χ0) is 19.6. The molecule has 1 fully saturated rings. The molecule has 0 saturated carbocycles. The molecule has 1 unspecified atom stereocenters. The second-order valence-electron chi connectivity index (χ2n) is 5.39. The summed E-state index contributed by atoms with van der Waals surface area (Å²) in [6.45, 7) is 2.16. The lowest BCUT2D eigenvalue weighted by Crippen LogP contribution is -2.34. The van der Waals surface area contributed by atoms with E-state index in [9.17, 15) is 9.59 Å². The van der Waals surface area contributed by atoms with E-state index in [4.69, 9.17) is 69.6 Å². The monoisotopic (exact) mass is 477 g/mol. The zero-order valence-electron chi connectivity index (χ0n) is 13.4. The summed E-state index contributed by atoms with van der Waals surface area (Å²) in [5, 5.41) is 0.561. The van der Waals surface area contributed by atoms with Gasteiger partial charge in [0.05, 0.1) is 5.69 Å². The molecule has 5 nitrogen and oxygen atoms in total. The molecule has 11 heteroatoms. The van der Waals surface area contributed by atoms with Crippen LogP contribution in [-0.2, 0) is 4.79 Å². The lowest BCUT2D eigenvalue weighted by atomic mass is 10.3. The maximum Gasteiger partial charge on any atom is 0.337 e. The summed E-state index contributed by atoms with van der Waals surface area (Å²) in [6, 6.07) is 3.83. The third-order valence-electron chi connectivity index (χ3n) is 3.42. The molecule has 1 atom stereocenters. The van der Waals surface area contributed by atoms with E-state index < -0.39 is 21.2 Å². The number of carbonyl (C=O) groups is 2. The van der Waals surface area contributed by atoms with Gasteiger partial charge in [0, 0.05) is 16.6 Å². The molecule has 0 spiro atoms. The molecule has 1 aliphatic rings. The Bertz CT molecular complexity index is 729. The van der Waals surface area contributed by atoms with Gasteiger partial charge in [-0.05, 0) is 24.6 Å². The number of amidine groups is 1. The molecular weight excluding hydrogens is 467 g/mol. The number of imide groups is 1. The molecule has 0 aromatic heterocycles. The van der Waals surface area contributed by atoms with Crippen LogP contribution in [0.15, 0.2) is 23.2 Å². The van der Waals surface area contributed by atoms with Gasteiger partial charge in [0.1, 0.15) is 0 Å². The largest absolute Gasteiger partial charge is 0.337 e. The molecule has 26 heavy (non-hydrogen) atoms. The van der Waals surface area contributed by atoms with Crippen molar-refractivity contribution < 1.29 is 9.59 Å². The third kappa shape index (κ3) is 4.89. The number of unbranched alkanes of at least 4 members (excludes halogenated alkanes) is 1. The number of rotatable bonds is 5. The highest BCUT2D eigenvalue weighted by Crippen LogP contribution is 2.36. The number of carbonyl (C=O) groups excluding carboxylic acids is 2. The van der Waals surface area contributed by atoms with Gasteiger partial charge in [0.15, 0.2) is 5.50 Å². The third-order valence-corrected chi connectivity index (χ3v) is 5.23. The Hall–Kier alpha value is -0.430. The molecule has 1 heterocycles. The summed E-state index contributed by atoms with van der Waals surface area (Å²) in [5.74, 6) is -0.907. The van der Waals surface area contributed by atoms with Crippen LogP contribution < -0.4 is 4.90 Å². The number of halogens is 6. The zero-order valence-corrected chi connectivity index (χ0v) is 17.9. The van der Waals surface area contributed by atoms with Crippen LogP contribution in [0.4, 0.5) is 10.5 Å². The number of amides is 3. The molecule has 1 aromatic carbocycles. The molecule has 0 aliphatic carbocycles. The minimum Gasteiger partial charge on any atom is -0.265 e. The van der Waals surface area contributed by atoms with Gasteiger partial charge in [-0.2, -0.15) is 0 Å². The normalized spacial score (nSPS) is 18.2. The molecule has 1 aromatic rings. The molecule has 2 rings (SSSR count). The molecule has 0 N–H and O–H groups in total. The molecule has 0 radical (unpaired) electrons. The van der Waals surface area contributed by atoms with Crippen LogP contribution in [0.2, 0.25) is 10.0 Å². The number of hydrogen-bond donors (Lipinski definition) is 0. The van der Waals surface area contributed by atoms with Gasteiger partial charge in [-0.1, -0.05) is 83.0 Å². The Labute approximate surface area is 180 Å². The number of urea groups is 1. The van der Waals surface area contributed by atoms with Crippen molar-refractivity contribution >= 4 is 93.1 Å². The maximum atomic E-state index is 12.8. The first-order chi connectivity index (χ1) is 12.1. The average molecular weight is 480 g/mol. The van der Waals surface area contributed by atoms with Crippen molar-refractivity contribution in [3.63, 3.8) is 0 Å². The van der Waals surface area contributed by atoms with Crippen molar-refractivity contribution in [3.8, 4) is 0 Å². The fraction of sp³-hybridized carbons (Fsp3) is 0.400. The Morgan fingerprint density at radius 3 is 2.19 bits per heavy atom. The van der Waals surface area contributed by atoms with E-state index in [1.54, 1.807) is 0 Å². The topological polar surface area (TPSA) is 53.0 Å². The highest BCUT2D eigenvalue weighted by molar-refractivity contribution is 6.70. The fourth-order valence-corrected chi connectivity index (χ4v) is 2.98. The highest BCUT2D eigenvalue weighted by Gasteiger charge is 2.45. The second-order valence-corrected chi connectivity index (χ2v) is 9.04. The second kappa shape index (κ2) is 8.72.